The topological polar surface area (TPSA) is 29.5 Å². The van der Waals surface area contributed by atoms with Gasteiger partial charge in [0.25, 0.3) is 0 Å². The van der Waals surface area contributed by atoms with Gasteiger partial charge in [0, 0.05) is 13.6 Å². The van der Waals surface area contributed by atoms with Crippen molar-refractivity contribution in [3.63, 3.8) is 0 Å². The van der Waals surface area contributed by atoms with Crippen molar-refractivity contribution in [2.75, 3.05) is 14.2 Å². The lowest BCUT2D eigenvalue weighted by molar-refractivity contribution is 0.131. The number of ether oxygens (including phenoxy) is 1. The molecule has 0 bridgehead atoms. The highest BCUT2D eigenvalue weighted by molar-refractivity contribution is 6.42. The van der Waals surface area contributed by atoms with E-state index < -0.39 is 0 Å². The standard InChI is InChI=1S/C10H11Cl2NO2/c1-13(10(14)15-2)6-7-3-4-8(11)9(12)5-7/h3-5H,6H2,1-2H3. The SMILES string of the molecule is COC(=O)N(C)Cc1ccc(Cl)c(Cl)c1. The van der Waals surface area contributed by atoms with Gasteiger partial charge in [-0.2, -0.15) is 0 Å². The molecule has 82 valence electrons. The Balaban J connectivity index is 2.73. The van der Waals surface area contributed by atoms with Crippen molar-refractivity contribution in [2.24, 2.45) is 0 Å². The summed E-state index contributed by atoms with van der Waals surface area (Å²) in [5.74, 6) is 0. The maximum absolute atomic E-state index is 11.1. The van der Waals surface area contributed by atoms with E-state index in [0.29, 0.717) is 16.6 Å². The van der Waals surface area contributed by atoms with Gasteiger partial charge in [-0.15, -0.1) is 0 Å². The van der Waals surface area contributed by atoms with E-state index in [1.807, 2.05) is 6.07 Å². The molecule has 0 aromatic heterocycles. The fraction of sp³-hybridized carbons (Fsp3) is 0.300. The molecular formula is C10H11Cl2NO2. The van der Waals surface area contributed by atoms with Crippen LogP contribution in [-0.4, -0.2) is 25.2 Å². The first-order valence-electron chi connectivity index (χ1n) is 4.27. The summed E-state index contributed by atoms with van der Waals surface area (Å²) in [4.78, 5) is 12.6. The predicted octanol–water partition coefficient (Wildman–Crippen LogP) is 3.19. The first-order valence-corrected chi connectivity index (χ1v) is 5.03. The van der Waals surface area contributed by atoms with E-state index >= 15 is 0 Å². The Hall–Kier alpha value is -0.930. The molecule has 0 aliphatic rings. The molecule has 0 radical (unpaired) electrons. The van der Waals surface area contributed by atoms with Crippen LogP contribution < -0.4 is 0 Å². The van der Waals surface area contributed by atoms with E-state index in [9.17, 15) is 4.79 Å². The van der Waals surface area contributed by atoms with E-state index in [2.05, 4.69) is 4.74 Å². The van der Waals surface area contributed by atoms with Crippen molar-refractivity contribution in [2.45, 2.75) is 6.54 Å². The minimum atomic E-state index is -0.388. The van der Waals surface area contributed by atoms with Gasteiger partial charge in [-0.1, -0.05) is 29.3 Å². The van der Waals surface area contributed by atoms with Crippen LogP contribution in [0.25, 0.3) is 0 Å². The van der Waals surface area contributed by atoms with Gasteiger partial charge in [-0.05, 0) is 17.7 Å². The van der Waals surface area contributed by atoms with Crippen LogP contribution in [-0.2, 0) is 11.3 Å². The second kappa shape index (κ2) is 5.24. The van der Waals surface area contributed by atoms with Crippen LogP contribution in [0.4, 0.5) is 4.79 Å². The van der Waals surface area contributed by atoms with Gasteiger partial charge in [-0.3, -0.25) is 0 Å². The molecule has 15 heavy (non-hydrogen) atoms. The summed E-state index contributed by atoms with van der Waals surface area (Å²) in [6, 6.07) is 5.24. The van der Waals surface area contributed by atoms with Gasteiger partial charge < -0.3 is 9.64 Å². The molecule has 0 aliphatic carbocycles. The lowest BCUT2D eigenvalue weighted by Gasteiger charge is -2.15. The van der Waals surface area contributed by atoms with Crippen molar-refractivity contribution in [1.29, 1.82) is 0 Å². The second-order valence-corrected chi connectivity index (χ2v) is 3.89. The molecule has 0 atom stereocenters. The molecule has 1 aromatic rings. The van der Waals surface area contributed by atoms with Gasteiger partial charge in [0.05, 0.1) is 17.2 Å². The van der Waals surface area contributed by atoms with Crippen LogP contribution in [0, 0.1) is 0 Å². The zero-order chi connectivity index (χ0) is 11.4. The fourth-order valence-electron chi connectivity index (χ4n) is 1.13. The minimum absolute atomic E-state index is 0.388. The highest BCUT2D eigenvalue weighted by atomic mass is 35.5. The first kappa shape index (κ1) is 12.1. The number of carbonyl (C=O) groups is 1. The largest absolute Gasteiger partial charge is 0.453 e. The van der Waals surface area contributed by atoms with Gasteiger partial charge in [-0.25, -0.2) is 4.79 Å². The van der Waals surface area contributed by atoms with E-state index in [1.165, 1.54) is 12.0 Å². The molecule has 0 N–H and O–H groups in total. The Morgan fingerprint density at radius 3 is 2.60 bits per heavy atom. The number of hydrogen-bond acceptors (Lipinski definition) is 2. The third kappa shape index (κ3) is 3.29. The molecule has 5 heteroatoms. The second-order valence-electron chi connectivity index (χ2n) is 3.07. The Morgan fingerprint density at radius 2 is 2.07 bits per heavy atom. The minimum Gasteiger partial charge on any atom is -0.453 e. The van der Waals surface area contributed by atoms with Crippen LogP contribution in [0.1, 0.15) is 5.56 Å². The lowest BCUT2D eigenvalue weighted by atomic mass is 10.2. The van der Waals surface area contributed by atoms with Crippen molar-refractivity contribution in [3.05, 3.63) is 33.8 Å². The monoisotopic (exact) mass is 247 g/mol. The first-order chi connectivity index (χ1) is 7.04. The highest BCUT2D eigenvalue weighted by Gasteiger charge is 2.09. The van der Waals surface area contributed by atoms with E-state index in [1.54, 1.807) is 19.2 Å². The zero-order valence-electron chi connectivity index (χ0n) is 8.46. The summed E-state index contributed by atoms with van der Waals surface area (Å²) in [5.41, 5.74) is 0.900. The van der Waals surface area contributed by atoms with Crippen LogP contribution in [0.5, 0.6) is 0 Å². The molecular weight excluding hydrogens is 237 g/mol. The quantitative estimate of drug-likeness (QED) is 0.804. The Morgan fingerprint density at radius 1 is 1.40 bits per heavy atom. The number of methoxy groups -OCH3 is 1. The van der Waals surface area contributed by atoms with E-state index in [4.69, 9.17) is 23.2 Å². The average molecular weight is 248 g/mol. The third-order valence-corrected chi connectivity index (χ3v) is 2.63. The van der Waals surface area contributed by atoms with Crippen LogP contribution >= 0.6 is 23.2 Å². The van der Waals surface area contributed by atoms with Crippen LogP contribution in [0.15, 0.2) is 18.2 Å². The summed E-state index contributed by atoms with van der Waals surface area (Å²) < 4.78 is 4.57. The number of nitrogens with zero attached hydrogens (tertiary/aromatic N) is 1. The molecule has 1 amide bonds. The van der Waals surface area contributed by atoms with Crippen molar-refractivity contribution in [3.8, 4) is 0 Å². The van der Waals surface area contributed by atoms with Gasteiger partial charge in [0.1, 0.15) is 0 Å². The number of hydrogen-bond donors (Lipinski definition) is 0. The smallest absolute Gasteiger partial charge is 0.409 e. The van der Waals surface area contributed by atoms with Crippen molar-refractivity contribution < 1.29 is 9.53 Å². The van der Waals surface area contributed by atoms with Crippen LogP contribution in [0.2, 0.25) is 10.0 Å². The number of amides is 1. The summed E-state index contributed by atoms with van der Waals surface area (Å²) >= 11 is 11.6. The molecule has 0 heterocycles. The molecule has 1 rings (SSSR count). The normalized spacial score (nSPS) is 9.87. The third-order valence-electron chi connectivity index (χ3n) is 1.89. The number of benzene rings is 1. The van der Waals surface area contributed by atoms with Gasteiger partial charge in [0.15, 0.2) is 0 Å². The molecule has 0 saturated carbocycles. The summed E-state index contributed by atoms with van der Waals surface area (Å²) in [5, 5.41) is 0.980. The summed E-state index contributed by atoms with van der Waals surface area (Å²) in [6.07, 6.45) is -0.388. The lowest BCUT2D eigenvalue weighted by Crippen LogP contribution is -2.25. The van der Waals surface area contributed by atoms with Gasteiger partial charge >= 0.3 is 6.09 Å². The molecule has 3 nitrogen and oxygen atoms in total. The zero-order valence-corrected chi connectivity index (χ0v) is 9.97. The van der Waals surface area contributed by atoms with E-state index in [-0.39, 0.29) is 6.09 Å². The Kier molecular flexibility index (Phi) is 4.24. The molecule has 1 aromatic carbocycles. The molecule has 0 fully saturated rings. The van der Waals surface area contributed by atoms with Crippen molar-refractivity contribution >= 4 is 29.3 Å². The maximum atomic E-state index is 11.1. The number of rotatable bonds is 2. The molecule has 0 unspecified atom stereocenters. The predicted molar refractivity (Wildman–Crippen MR) is 60.3 cm³/mol. The fourth-order valence-corrected chi connectivity index (χ4v) is 1.45. The number of halogens is 2. The molecule has 0 spiro atoms. The Bertz CT molecular complexity index is 368. The van der Waals surface area contributed by atoms with E-state index in [0.717, 1.165) is 5.56 Å². The van der Waals surface area contributed by atoms with Crippen LogP contribution in [0.3, 0.4) is 0 Å². The summed E-state index contributed by atoms with van der Waals surface area (Å²) in [7, 11) is 2.99. The highest BCUT2D eigenvalue weighted by Crippen LogP contribution is 2.23. The van der Waals surface area contributed by atoms with Gasteiger partial charge in [0.2, 0.25) is 0 Å². The average Bonchev–Trinajstić information content (AvgIpc) is 2.22. The summed E-state index contributed by atoms with van der Waals surface area (Å²) in [6.45, 7) is 0.434. The maximum Gasteiger partial charge on any atom is 0.409 e. The molecule has 0 saturated heterocycles. The van der Waals surface area contributed by atoms with Crippen molar-refractivity contribution in [1.82, 2.24) is 4.90 Å². The molecule has 0 aliphatic heterocycles. The number of carbonyl (C=O) groups excluding carboxylic acids is 1. The Labute approximate surface area is 98.5 Å².